The molecular formula is C17H18FN3O. The van der Waals surface area contributed by atoms with Crippen LogP contribution in [0.2, 0.25) is 0 Å². The second-order valence-corrected chi connectivity index (χ2v) is 5.40. The summed E-state index contributed by atoms with van der Waals surface area (Å²) in [6.07, 6.45) is 4.00. The average Bonchev–Trinajstić information content (AvgIpc) is 2.93. The molecule has 0 amide bonds. The molecule has 0 spiro atoms. The normalized spacial score (nSPS) is 13.8. The zero-order valence-electron chi connectivity index (χ0n) is 12.9. The van der Waals surface area contributed by atoms with Crippen molar-refractivity contribution in [1.29, 1.82) is 0 Å². The van der Waals surface area contributed by atoms with E-state index in [0.717, 1.165) is 29.3 Å². The molecule has 0 radical (unpaired) electrons. The van der Waals surface area contributed by atoms with Gasteiger partial charge in [-0.2, -0.15) is 0 Å². The van der Waals surface area contributed by atoms with Gasteiger partial charge in [-0.3, -0.25) is 0 Å². The molecule has 1 aromatic carbocycles. The number of pyridine rings is 1. The first-order valence-electron chi connectivity index (χ1n) is 7.04. The van der Waals surface area contributed by atoms with Crippen LogP contribution in [0.5, 0.6) is 5.75 Å². The Morgan fingerprint density at radius 3 is 2.68 bits per heavy atom. The molecule has 0 saturated heterocycles. The molecule has 0 unspecified atom stereocenters. The van der Waals surface area contributed by atoms with Crippen LogP contribution in [0.3, 0.4) is 0 Å². The molecule has 2 heterocycles. The second-order valence-electron chi connectivity index (χ2n) is 5.40. The molecule has 1 aromatic heterocycles. The number of rotatable bonds is 3. The minimum atomic E-state index is -0.322. The highest BCUT2D eigenvalue weighted by Gasteiger charge is 2.15. The number of aryl methyl sites for hydroxylation is 1. The number of nitrogens with zero attached hydrogens (tertiary/aromatic N) is 3. The SMILES string of the molecule is COc1cc(F)ccc1-c1cc(C)cc(N2C=CN(C)C2)n1. The second kappa shape index (κ2) is 5.67. The summed E-state index contributed by atoms with van der Waals surface area (Å²) >= 11 is 0. The lowest BCUT2D eigenvalue weighted by Crippen LogP contribution is -2.22. The van der Waals surface area contributed by atoms with Crippen LogP contribution in [-0.4, -0.2) is 30.7 Å². The lowest BCUT2D eigenvalue weighted by molar-refractivity contribution is 0.413. The van der Waals surface area contributed by atoms with Crippen LogP contribution in [0.25, 0.3) is 11.3 Å². The third-order valence-corrected chi connectivity index (χ3v) is 3.57. The number of methoxy groups -OCH3 is 1. The van der Waals surface area contributed by atoms with E-state index in [0.29, 0.717) is 5.75 Å². The molecule has 1 aliphatic rings. The van der Waals surface area contributed by atoms with Gasteiger partial charge in [0.2, 0.25) is 0 Å². The third-order valence-electron chi connectivity index (χ3n) is 3.57. The molecule has 5 heteroatoms. The number of anilines is 1. The van der Waals surface area contributed by atoms with Crippen molar-refractivity contribution < 1.29 is 9.13 Å². The first-order chi connectivity index (χ1) is 10.6. The topological polar surface area (TPSA) is 28.6 Å². The fraction of sp³-hybridized carbons (Fsp3) is 0.235. The Hall–Kier alpha value is -2.56. The third kappa shape index (κ3) is 2.74. The van der Waals surface area contributed by atoms with Gasteiger partial charge < -0.3 is 14.5 Å². The van der Waals surface area contributed by atoms with Gasteiger partial charge in [0.25, 0.3) is 0 Å². The lowest BCUT2D eigenvalue weighted by Gasteiger charge is -2.19. The Morgan fingerprint density at radius 1 is 1.18 bits per heavy atom. The smallest absolute Gasteiger partial charge is 0.134 e. The van der Waals surface area contributed by atoms with Gasteiger partial charge >= 0.3 is 0 Å². The van der Waals surface area contributed by atoms with E-state index in [9.17, 15) is 4.39 Å². The average molecular weight is 299 g/mol. The molecule has 2 aromatic rings. The van der Waals surface area contributed by atoms with Crippen LogP contribution in [0.4, 0.5) is 10.2 Å². The summed E-state index contributed by atoms with van der Waals surface area (Å²) in [5, 5.41) is 0. The van der Waals surface area contributed by atoms with Crippen molar-refractivity contribution in [1.82, 2.24) is 9.88 Å². The molecule has 22 heavy (non-hydrogen) atoms. The van der Waals surface area contributed by atoms with Gasteiger partial charge in [0.05, 0.1) is 19.5 Å². The summed E-state index contributed by atoms with van der Waals surface area (Å²) in [6, 6.07) is 8.51. The van der Waals surface area contributed by atoms with Gasteiger partial charge in [0.1, 0.15) is 17.4 Å². The Morgan fingerprint density at radius 2 is 2.00 bits per heavy atom. The van der Waals surface area contributed by atoms with Gasteiger partial charge in [-0.05, 0) is 36.8 Å². The highest BCUT2D eigenvalue weighted by molar-refractivity contribution is 5.69. The maximum atomic E-state index is 13.4. The summed E-state index contributed by atoms with van der Waals surface area (Å²) in [5.74, 6) is 1.03. The van der Waals surface area contributed by atoms with Crippen molar-refractivity contribution in [2.45, 2.75) is 6.92 Å². The molecule has 114 valence electrons. The first-order valence-corrected chi connectivity index (χ1v) is 7.04. The van der Waals surface area contributed by atoms with Crippen LogP contribution in [-0.2, 0) is 0 Å². The zero-order chi connectivity index (χ0) is 15.7. The van der Waals surface area contributed by atoms with E-state index in [1.807, 2.05) is 38.5 Å². The van der Waals surface area contributed by atoms with E-state index in [-0.39, 0.29) is 5.82 Å². The number of hydrogen-bond acceptors (Lipinski definition) is 4. The summed E-state index contributed by atoms with van der Waals surface area (Å²) in [4.78, 5) is 8.84. The molecule has 1 aliphatic heterocycles. The van der Waals surface area contributed by atoms with Gasteiger partial charge in [-0.15, -0.1) is 0 Å². The Balaban J connectivity index is 2.05. The lowest BCUT2D eigenvalue weighted by atomic mass is 10.1. The predicted molar refractivity (Wildman–Crippen MR) is 85.2 cm³/mol. The van der Waals surface area contributed by atoms with Crippen molar-refractivity contribution in [3.8, 4) is 17.0 Å². The minimum Gasteiger partial charge on any atom is -0.496 e. The number of halogens is 1. The Bertz CT molecular complexity index is 730. The van der Waals surface area contributed by atoms with E-state index < -0.39 is 0 Å². The van der Waals surface area contributed by atoms with Crippen molar-refractivity contribution in [2.24, 2.45) is 0 Å². The van der Waals surface area contributed by atoms with E-state index in [1.165, 1.54) is 19.2 Å². The molecule has 4 nitrogen and oxygen atoms in total. The maximum absolute atomic E-state index is 13.4. The van der Waals surface area contributed by atoms with Crippen molar-refractivity contribution >= 4 is 5.82 Å². The molecular weight excluding hydrogens is 281 g/mol. The van der Waals surface area contributed by atoms with E-state index in [1.54, 1.807) is 6.07 Å². The predicted octanol–water partition coefficient (Wildman–Crippen LogP) is 3.39. The monoisotopic (exact) mass is 299 g/mol. The van der Waals surface area contributed by atoms with Crippen LogP contribution in [0.15, 0.2) is 42.7 Å². The number of aromatic nitrogens is 1. The van der Waals surface area contributed by atoms with Crippen molar-refractivity contribution in [3.05, 3.63) is 54.1 Å². The summed E-state index contributed by atoms with van der Waals surface area (Å²) in [7, 11) is 3.54. The molecule has 0 N–H and O–H groups in total. The highest BCUT2D eigenvalue weighted by Crippen LogP contribution is 2.31. The van der Waals surface area contributed by atoms with Gasteiger partial charge in [0.15, 0.2) is 0 Å². The van der Waals surface area contributed by atoms with Crippen LogP contribution < -0.4 is 9.64 Å². The van der Waals surface area contributed by atoms with Crippen molar-refractivity contribution in [3.63, 3.8) is 0 Å². The van der Waals surface area contributed by atoms with E-state index in [4.69, 9.17) is 9.72 Å². The largest absolute Gasteiger partial charge is 0.496 e. The number of ether oxygens (including phenoxy) is 1. The summed E-state index contributed by atoms with van der Waals surface area (Å²) < 4.78 is 18.7. The molecule has 0 atom stereocenters. The minimum absolute atomic E-state index is 0.322. The fourth-order valence-electron chi connectivity index (χ4n) is 2.49. The fourth-order valence-corrected chi connectivity index (χ4v) is 2.49. The Kier molecular flexibility index (Phi) is 3.71. The molecule has 0 aliphatic carbocycles. The molecule has 0 bridgehead atoms. The summed E-state index contributed by atoms with van der Waals surface area (Å²) in [5.41, 5.74) is 2.65. The molecule has 0 fully saturated rings. The van der Waals surface area contributed by atoms with E-state index in [2.05, 4.69) is 9.80 Å². The van der Waals surface area contributed by atoms with Crippen LogP contribution in [0, 0.1) is 12.7 Å². The number of hydrogen-bond donors (Lipinski definition) is 0. The van der Waals surface area contributed by atoms with Crippen LogP contribution in [0.1, 0.15) is 5.56 Å². The number of benzene rings is 1. The summed E-state index contributed by atoms with van der Waals surface area (Å²) in [6.45, 7) is 2.78. The zero-order valence-corrected chi connectivity index (χ0v) is 12.9. The van der Waals surface area contributed by atoms with Gasteiger partial charge in [-0.25, -0.2) is 9.37 Å². The maximum Gasteiger partial charge on any atom is 0.134 e. The Labute approximate surface area is 129 Å². The van der Waals surface area contributed by atoms with E-state index >= 15 is 0 Å². The molecule has 0 saturated carbocycles. The van der Waals surface area contributed by atoms with Crippen molar-refractivity contribution in [2.75, 3.05) is 25.7 Å². The quantitative estimate of drug-likeness (QED) is 0.868. The van der Waals surface area contributed by atoms with Gasteiger partial charge in [-0.1, -0.05) is 0 Å². The molecule has 3 rings (SSSR count). The van der Waals surface area contributed by atoms with Crippen LogP contribution >= 0.6 is 0 Å². The first kappa shape index (κ1) is 14.4. The van der Waals surface area contributed by atoms with Gasteiger partial charge in [0, 0.05) is 31.1 Å². The standard InChI is InChI=1S/C17H18FN3O/c1-12-8-15(14-5-4-13(18)10-16(14)22-3)19-17(9-12)21-7-6-20(2)11-21/h4-10H,11H2,1-3H3. The highest BCUT2D eigenvalue weighted by atomic mass is 19.1.